The molecule has 5 heteroatoms. The van der Waals surface area contributed by atoms with Crippen molar-refractivity contribution in [2.75, 3.05) is 6.54 Å². The molecule has 0 rings (SSSR count). The summed E-state index contributed by atoms with van der Waals surface area (Å²) in [5, 5.41) is 15.1. The Morgan fingerprint density at radius 1 is 1.20 bits per heavy atom. The van der Waals surface area contributed by atoms with Gasteiger partial charge in [-0.2, -0.15) is 0 Å². The summed E-state index contributed by atoms with van der Waals surface area (Å²) < 4.78 is 0. The van der Waals surface area contributed by atoms with Crippen LogP contribution in [0.2, 0.25) is 0 Å². The van der Waals surface area contributed by atoms with Crippen LogP contribution < -0.4 is 11.1 Å². The summed E-state index contributed by atoms with van der Waals surface area (Å²) in [6.45, 7) is 10.9. The molecule has 0 spiro atoms. The van der Waals surface area contributed by atoms with Gasteiger partial charge in [0.2, 0.25) is 5.91 Å². The Labute approximate surface area is 123 Å². The van der Waals surface area contributed by atoms with E-state index in [0.717, 1.165) is 19.3 Å². The molecule has 0 atom stereocenters. The average molecular weight is 285 g/mol. The van der Waals surface area contributed by atoms with Crippen LogP contribution in [-0.4, -0.2) is 23.5 Å². The summed E-state index contributed by atoms with van der Waals surface area (Å²) >= 11 is 0. The van der Waals surface area contributed by atoms with Crippen LogP contribution in [0, 0.1) is 10.8 Å². The van der Waals surface area contributed by atoms with Crippen LogP contribution >= 0.6 is 0 Å². The summed E-state index contributed by atoms with van der Waals surface area (Å²) in [5.74, 6) is -0.106. The van der Waals surface area contributed by atoms with E-state index in [9.17, 15) is 4.79 Å². The van der Waals surface area contributed by atoms with Gasteiger partial charge in [-0.15, -0.1) is 0 Å². The van der Waals surface area contributed by atoms with E-state index in [1.165, 1.54) is 0 Å². The molecule has 0 heterocycles. The normalized spacial score (nSPS) is 13.3. The Bertz CT molecular complexity index is 332. The van der Waals surface area contributed by atoms with Crippen LogP contribution in [0.25, 0.3) is 0 Å². The molecule has 0 aliphatic carbocycles. The van der Waals surface area contributed by atoms with Crippen molar-refractivity contribution in [2.24, 2.45) is 21.7 Å². The predicted octanol–water partition coefficient (Wildman–Crippen LogP) is 2.87. The lowest BCUT2D eigenvalue weighted by molar-refractivity contribution is -0.128. The first-order valence-corrected chi connectivity index (χ1v) is 7.56. The number of amides is 1. The van der Waals surface area contributed by atoms with Gasteiger partial charge in [0.05, 0.1) is 0 Å². The second-order valence-electron chi connectivity index (χ2n) is 6.27. The topological polar surface area (TPSA) is 87.7 Å². The third-order valence-corrected chi connectivity index (χ3v) is 4.07. The molecular formula is C15H31N3O2. The van der Waals surface area contributed by atoms with E-state index in [4.69, 9.17) is 10.9 Å². The van der Waals surface area contributed by atoms with Crippen LogP contribution in [0.15, 0.2) is 5.16 Å². The first-order chi connectivity index (χ1) is 9.29. The van der Waals surface area contributed by atoms with Crippen molar-refractivity contribution in [1.82, 2.24) is 5.32 Å². The van der Waals surface area contributed by atoms with Gasteiger partial charge in [-0.25, -0.2) is 0 Å². The van der Waals surface area contributed by atoms with Gasteiger partial charge in [0.25, 0.3) is 0 Å². The predicted molar refractivity (Wildman–Crippen MR) is 82.7 cm³/mol. The van der Waals surface area contributed by atoms with E-state index in [2.05, 4.69) is 31.2 Å². The van der Waals surface area contributed by atoms with E-state index in [0.29, 0.717) is 19.4 Å². The van der Waals surface area contributed by atoms with E-state index >= 15 is 0 Å². The Morgan fingerprint density at radius 3 is 2.05 bits per heavy atom. The van der Waals surface area contributed by atoms with Gasteiger partial charge in [-0.3, -0.25) is 4.79 Å². The first-order valence-electron chi connectivity index (χ1n) is 7.56. The SMILES string of the molecule is CCCC(CCC)(C(=O)NCC(C)(C)CC)C(N)=NO. The molecular weight excluding hydrogens is 254 g/mol. The fourth-order valence-corrected chi connectivity index (χ4v) is 2.29. The number of carbonyl (C=O) groups is 1. The Hall–Kier alpha value is -1.26. The monoisotopic (exact) mass is 285 g/mol. The number of nitrogens with one attached hydrogen (secondary N) is 1. The Morgan fingerprint density at radius 2 is 1.70 bits per heavy atom. The van der Waals surface area contributed by atoms with Gasteiger partial charge in [-0.1, -0.05) is 52.6 Å². The number of rotatable bonds is 9. The highest BCUT2D eigenvalue weighted by molar-refractivity contribution is 6.06. The fraction of sp³-hybridized carbons (Fsp3) is 0.867. The minimum Gasteiger partial charge on any atom is -0.409 e. The third-order valence-electron chi connectivity index (χ3n) is 4.07. The third kappa shape index (κ3) is 4.69. The molecule has 1 amide bonds. The van der Waals surface area contributed by atoms with Crippen molar-refractivity contribution < 1.29 is 10.0 Å². The number of oxime groups is 1. The first kappa shape index (κ1) is 18.7. The molecule has 0 bridgehead atoms. The number of nitrogens with two attached hydrogens (primary N) is 1. The molecule has 5 nitrogen and oxygen atoms in total. The minimum atomic E-state index is -0.887. The maximum absolute atomic E-state index is 12.6. The van der Waals surface area contributed by atoms with Crippen molar-refractivity contribution in [3.8, 4) is 0 Å². The van der Waals surface area contributed by atoms with E-state index in [-0.39, 0.29) is 17.2 Å². The van der Waals surface area contributed by atoms with Gasteiger partial charge in [-0.05, 0) is 24.7 Å². The van der Waals surface area contributed by atoms with Gasteiger partial charge in [0.15, 0.2) is 5.84 Å². The second-order valence-corrected chi connectivity index (χ2v) is 6.27. The van der Waals surface area contributed by atoms with E-state index in [1.54, 1.807) is 0 Å². The second kappa shape index (κ2) is 8.12. The standard InChI is InChI=1S/C15H31N3O2/c1-6-9-15(10-7-2,12(16)18-20)13(19)17-11-14(4,5)8-3/h20H,6-11H2,1-5H3,(H2,16,18)(H,17,19). The van der Waals surface area contributed by atoms with Gasteiger partial charge in [0, 0.05) is 6.54 Å². The van der Waals surface area contributed by atoms with Crippen molar-refractivity contribution in [3.05, 3.63) is 0 Å². The highest BCUT2D eigenvalue weighted by Crippen LogP contribution is 2.31. The van der Waals surface area contributed by atoms with Crippen LogP contribution in [0.1, 0.15) is 66.7 Å². The largest absolute Gasteiger partial charge is 0.409 e. The zero-order valence-electron chi connectivity index (χ0n) is 13.6. The molecule has 0 aromatic rings. The van der Waals surface area contributed by atoms with Crippen molar-refractivity contribution >= 4 is 11.7 Å². The molecule has 0 fully saturated rings. The molecule has 0 aliphatic rings. The number of carbonyl (C=O) groups excluding carboxylic acids is 1. The van der Waals surface area contributed by atoms with Gasteiger partial charge in [0.1, 0.15) is 5.41 Å². The fourth-order valence-electron chi connectivity index (χ4n) is 2.29. The highest BCUT2D eigenvalue weighted by Gasteiger charge is 2.41. The summed E-state index contributed by atoms with van der Waals surface area (Å²) in [6.07, 6.45) is 3.78. The summed E-state index contributed by atoms with van der Waals surface area (Å²) in [6, 6.07) is 0. The van der Waals surface area contributed by atoms with Gasteiger partial charge < -0.3 is 16.3 Å². The lowest BCUT2D eigenvalue weighted by Gasteiger charge is -2.32. The molecule has 0 saturated heterocycles. The molecule has 0 aliphatic heterocycles. The maximum atomic E-state index is 12.6. The maximum Gasteiger partial charge on any atom is 0.233 e. The van der Waals surface area contributed by atoms with Crippen LogP contribution in [0.4, 0.5) is 0 Å². The van der Waals surface area contributed by atoms with Gasteiger partial charge >= 0.3 is 0 Å². The number of amidine groups is 1. The zero-order valence-corrected chi connectivity index (χ0v) is 13.6. The van der Waals surface area contributed by atoms with E-state index in [1.807, 2.05) is 13.8 Å². The van der Waals surface area contributed by atoms with Crippen molar-refractivity contribution in [1.29, 1.82) is 0 Å². The molecule has 0 unspecified atom stereocenters. The number of hydrogen-bond acceptors (Lipinski definition) is 3. The van der Waals surface area contributed by atoms with Crippen LogP contribution in [0.5, 0.6) is 0 Å². The molecule has 0 aromatic carbocycles. The Kier molecular flexibility index (Phi) is 7.61. The number of hydrogen-bond donors (Lipinski definition) is 3. The average Bonchev–Trinajstić information content (AvgIpc) is 2.43. The molecule has 20 heavy (non-hydrogen) atoms. The zero-order chi connectivity index (χ0) is 15.8. The molecule has 0 saturated carbocycles. The minimum absolute atomic E-state index is 0.0213. The van der Waals surface area contributed by atoms with Crippen LogP contribution in [0.3, 0.4) is 0 Å². The van der Waals surface area contributed by atoms with Crippen molar-refractivity contribution in [2.45, 2.75) is 66.7 Å². The number of nitrogens with zero attached hydrogens (tertiary/aromatic N) is 1. The van der Waals surface area contributed by atoms with E-state index < -0.39 is 5.41 Å². The summed E-state index contributed by atoms with van der Waals surface area (Å²) in [4.78, 5) is 12.6. The highest BCUT2D eigenvalue weighted by atomic mass is 16.4. The summed E-state index contributed by atoms with van der Waals surface area (Å²) in [5.41, 5.74) is 5.00. The molecule has 0 radical (unpaired) electrons. The lowest BCUT2D eigenvalue weighted by atomic mass is 9.76. The smallest absolute Gasteiger partial charge is 0.233 e. The molecule has 0 aromatic heterocycles. The Balaban J connectivity index is 5.15. The summed E-state index contributed by atoms with van der Waals surface area (Å²) in [7, 11) is 0. The lowest BCUT2D eigenvalue weighted by Crippen LogP contribution is -2.51. The molecule has 4 N–H and O–H groups in total. The van der Waals surface area contributed by atoms with Crippen LogP contribution in [-0.2, 0) is 4.79 Å². The molecule has 118 valence electrons. The quantitative estimate of drug-likeness (QED) is 0.263. The van der Waals surface area contributed by atoms with Crippen molar-refractivity contribution in [3.63, 3.8) is 0 Å².